The van der Waals surface area contributed by atoms with Crippen LogP contribution < -0.4 is 9.46 Å². The number of hydrogen-bond donors (Lipinski definition) is 2. The van der Waals surface area contributed by atoms with Crippen LogP contribution in [-0.4, -0.2) is 27.2 Å². The van der Waals surface area contributed by atoms with Gasteiger partial charge in [-0.05, 0) is 32.0 Å². The third-order valence-corrected chi connectivity index (χ3v) is 4.68. The molecule has 1 aromatic heterocycles. The van der Waals surface area contributed by atoms with Gasteiger partial charge in [-0.1, -0.05) is 6.07 Å². The molecule has 0 fully saturated rings. The van der Waals surface area contributed by atoms with E-state index in [0.29, 0.717) is 22.8 Å². The number of aryl methyl sites for hydroxylation is 2. The van der Waals surface area contributed by atoms with E-state index in [1.807, 2.05) is 0 Å². The monoisotopic (exact) mass is 325 g/mol. The fraction of sp³-hybridized carbons (Fsp3) is 0.333. The predicted octanol–water partition coefficient (Wildman–Crippen LogP) is 1.92. The minimum atomic E-state index is -3.72. The number of aliphatic hydroxyl groups is 1. The van der Waals surface area contributed by atoms with Crippen molar-refractivity contribution < 1.29 is 22.7 Å². The molecular formula is C15H19NO5S. The van der Waals surface area contributed by atoms with Crippen molar-refractivity contribution in [2.45, 2.75) is 24.8 Å². The smallest absolute Gasteiger partial charge is 0.240 e. The van der Waals surface area contributed by atoms with Crippen LogP contribution in [0.4, 0.5) is 0 Å². The summed E-state index contributed by atoms with van der Waals surface area (Å²) in [5, 5.41) is 10.1. The lowest BCUT2D eigenvalue weighted by molar-refractivity contribution is 0.180. The van der Waals surface area contributed by atoms with Crippen molar-refractivity contribution in [1.29, 1.82) is 0 Å². The van der Waals surface area contributed by atoms with Crippen LogP contribution in [0.2, 0.25) is 0 Å². The number of nitrogens with one attached hydrogen (secondary N) is 1. The maximum absolute atomic E-state index is 12.2. The Balaban J connectivity index is 2.10. The van der Waals surface area contributed by atoms with Gasteiger partial charge in [-0.25, -0.2) is 13.1 Å². The van der Waals surface area contributed by atoms with Gasteiger partial charge >= 0.3 is 0 Å². The second-order valence-electron chi connectivity index (χ2n) is 4.92. The summed E-state index contributed by atoms with van der Waals surface area (Å²) in [7, 11) is -2.26. The van der Waals surface area contributed by atoms with Crippen molar-refractivity contribution in [3.8, 4) is 5.75 Å². The maximum Gasteiger partial charge on any atom is 0.240 e. The molecule has 0 aliphatic heterocycles. The van der Waals surface area contributed by atoms with E-state index in [4.69, 9.17) is 9.15 Å². The average Bonchev–Trinajstić information content (AvgIpc) is 2.83. The van der Waals surface area contributed by atoms with Crippen LogP contribution in [0.5, 0.6) is 5.75 Å². The van der Waals surface area contributed by atoms with Gasteiger partial charge in [-0.3, -0.25) is 0 Å². The van der Waals surface area contributed by atoms with Crippen molar-refractivity contribution in [1.82, 2.24) is 4.72 Å². The third-order valence-electron chi connectivity index (χ3n) is 3.26. The zero-order valence-corrected chi connectivity index (χ0v) is 13.5. The molecule has 0 saturated heterocycles. The minimum Gasteiger partial charge on any atom is -0.497 e. The van der Waals surface area contributed by atoms with E-state index in [2.05, 4.69) is 4.72 Å². The highest BCUT2D eigenvalue weighted by Crippen LogP contribution is 2.22. The van der Waals surface area contributed by atoms with Crippen molar-refractivity contribution in [3.63, 3.8) is 0 Å². The van der Waals surface area contributed by atoms with Crippen LogP contribution in [-0.2, 0) is 10.0 Å². The number of ether oxygens (including phenoxy) is 1. The van der Waals surface area contributed by atoms with E-state index in [1.54, 1.807) is 32.0 Å². The Hall–Kier alpha value is -1.83. The average molecular weight is 325 g/mol. The summed E-state index contributed by atoms with van der Waals surface area (Å²) in [6.07, 6.45) is -0.974. The normalized spacial score (nSPS) is 13.1. The first-order valence-corrected chi connectivity index (χ1v) is 8.20. The Morgan fingerprint density at radius 2 is 2.05 bits per heavy atom. The number of hydrogen-bond acceptors (Lipinski definition) is 5. The van der Waals surface area contributed by atoms with E-state index in [0.717, 1.165) is 0 Å². The zero-order chi connectivity index (χ0) is 16.3. The highest BCUT2D eigenvalue weighted by molar-refractivity contribution is 7.89. The molecule has 7 heteroatoms. The van der Waals surface area contributed by atoms with E-state index in [-0.39, 0.29) is 11.4 Å². The van der Waals surface area contributed by atoms with Gasteiger partial charge in [-0.2, -0.15) is 0 Å². The second-order valence-corrected chi connectivity index (χ2v) is 6.68. The fourth-order valence-corrected chi connectivity index (χ4v) is 3.20. The summed E-state index contributed by atoms with van der Waals surface area (Å²) in [5.74, 6) is 1.69. The Kier molecular flexibility index (Phi) is 4.90. The van der Waals surface area contributed by atoms with Gasteiger partial charge in [0.25, 0.3) is 0 Å². The van der Waals surface area contributed by atoms with Crippen LogP contribution >= 0.6 is 0 Å². The predicted molar refractivity (Wildman–Crippen MR) is 81.3 cm³/mol. The molecule has 1 heterocycles. The molecule has 0 bridgehead atoms. The molecule has 0 aliphatic carbocycles. The van der Waals surface area contributed by atoms with Crippen LogP contribution in [0.25, 0.3) is 0 Å². The first kappa shape index (κ1) is 16.5. The minimum absolute atomic E-state index is 0.0825. The molecule has 6 nitrogen and oxygen atoms in total. The Labute approximate surface area is 129 Å². The van der Waals surface area contributed by atoms with Crippen molar-refractivity contribution in [2.24, 2.45) is 0 Å². The molecule has 1 atom stereocenters. The molecule has 2 N–H and O–H groups in total. The number of methoxy groups -OCH3 is 1. The standard InChI is InChI=1S/C15H19NO5S/c1-10-7-14(11(2)21-10)15(17)9-16-22(18,19)13-6-4-5-12(8-13)20-3/h4-8,15-17H,9H2,1-3H3. The van der Waals surface area contributed by atoms with Crippen LogP contribution in [0.1, 0.15) is 23.2 Å². The molecule has 22 heavy (non-hydrogen) atoms. The van der Waals surface area contributed by atoms with Crippen molar-refractivity contribution >= 4 is 10.0 Å². The maximum atomic E-state index is 12.2. The van der Waals surface area contributed by atoms with Crippen molar-refractivity contribution in [3.05, 3.63) is 47.4 Å². The molecule has 120 valence electrons. The highest BCUT2D eigenvalue weighted by atomic mass is 32.2. The van der Waals surface area contributed by atoms with Gasteiger partial charge < -0.3 is 14.3 Å². The van der Waals surface area contributed by atoms with Crippen LogP contribution in [0.3, 0.4) is 0 Å². The summed E-state index contributed by atoms with van der Waals surface area (Å²) in [6.45, 7) is 3.35. The SMILES string of the molecule is COc1cccc(S(=O)(=O)NCC(O)c2cc(C)oc2C)c1. The van der Waals surface area contributed by atoms with Gasteiger partial charge in [0.05, 0.1) is 18.1 Å². The lowest BCUT2D eigenvalue weighted by Crippen LogP contribution is -2.28. The number of rotatable bonds is 6. The summed E-state index contributed by atoms with van der Waals surface area (Å²) >= 11 is 0. The second kappa shape index (κ2) is 6.51. The Morgan fingerprint density at radius 1 is 1.32 bits per heavy atom. The molecule has 2 rings (SSSR count). The van der Waals surface area contributed by atoms with Crippen molar-refractivity contribution in [2.75, 3.05) is 13.7 Å². The topological polar surface area (TPSA) is 88.8 Å². The summed E-state index contributed by atoms with van der Waals surface area (Å²) in [4.78, 5) is 0.0825. The van der Waals surface area contributed by atoms with Gasteiger partial charge in [0.15, 0.2) is 0 Å². The highest BCUT2D eigenvalue weighted by Gasteiger charge is 2.19. The summed E-state index contributed by atoms with van der Waals surface area (Å²) in [5.41, 5.74) is 0.575. The molecule has 2 aromatic rings. The molecule has 0 amide bonds. The zero-order valence-electron chi connectivity index (χ0n) is 12.7. The summed E-state index contributed by atoms with van der Waals surface area (Å²) in [6, 6.07) is 7.82. The molecular weight excluding hydrogens is 306 g/mol. The molecule has 1 unspecified atom stereocenters. The lowest BCUT2D eigenvalue weighted by atomic mass is 10.1. The first-order valence-electron chi connectivity index (χ1n) is 6.72. The van der Waals surface area contributed by atoms with Gasteiger partial charge in [0.1, 0.15) is 17.3 Å². The Morgan fingerprint density at radius 3 is 2.64 bits per heavy atom. The number of furan rings is 1. The van der Waals surface area contributed by atoms with Gasteiger partial charge in [-0.15, -0.1) is 0 Å². The number of aliphatic hydroxyl groups excluding tert-OH is 1. The van der Waals surface area contributed by atoms with E-state index in [1.165, 1.54) is 19.2 Å². The molecule has 0 radical (unpaired) electrons. The largest absolute Gasteiger partial charge is 0.497 e. The number of benzene rings is 1. The fourth-order valence-electron chi connectivity index (χ4n) is 2.13. The summed E-state index contributed by atoms with van der Waals surface area (Å²) < 4.78 is 37.2. The first-order chi connectivity index (χ1) is 10.3. The van der Waals surface area contributed by atoms with E-state index >= 15 is 0 Å². The van der Waals surface area contributed by atoms with Gasteiger partial charge in [0, 0.05) is 18.2 Å². The lowest BCUT2D eigenvalue weighted by Gasteiger charge is -2.12. The molecule has 0 spiro atoms. The molecule has 0 saturated carbocycles. The number of sulfonamides is 1. The van der Waals surface area contributed by atoms with Crippen LogP contribution in [0.15, 0.2) is 39.6 Å². The van der Waals surface area contributed by atoms with Crippen LogP contribution in [0, 0.1) is 13.8 Å². The quantitative estimate of drug-likeness (QED) is 0.847. The van der Waals surface area contributed by atoms with Gasteiger partial charge in [0.2, 0.25) is 10.0 Å². The van der Waals surface area contributed by atoms with E-state index in [9.17, 15) is 13.5 Å². The molecule has 1 aromatic carbocycles. The Bertz CT molecular complexity index is 751. The third kappa shape index (κ3) is 3.68. The molecule has 0 aliphatic rings. The van der Waals surface area contributed by atoms with E-state index < -0.39 is 16.1 Å².